The molecule has 86 valence electrons. The Morgan fingerprint density at radius 1 is 1.44 bits per heavy atom. The first-order valence-electron chi connectivity index (χ1n) is 5.78. The van der Waals surface area contributed by atoms with Crippen LogP contribution in [0, 0.1) is 13.8 Å². The van der Waals surface area contributed by atoms with Crippen molar-refractivity contribution >= 4 is 11.6 Å². The Morgan fingerprint density at radius 3 is 2.88 bits per heavy atom. The molecule has 1 fully saturated rings. The number of rotatable bonds is 2. The van der Waals surface area contributed by atoms with Crippen LogP contribution >= 0.6 is 0 Å². The van der Waals surface area contributed by atoms with Crippen molar-refractivity contribution in [1.82, 2.24) is 5.32 Å². The van der Waals surface area contributed by atoms with E-state index in [4.69, 9.17) is 0 Å². The van der Waals surface area contributed by atoms with E-state index < -0.39 is 0 Å². The van der Waals surface area contributed by atoms with Crippen LogP contribution in [-0.2, 0) is 4.79 Å². The summed E-state index contributed by atoms with van der Waals surface area (Å²) >= 11 is 0. The van der Waals surface area contributed by atoms with Crippen LogP contribution in [0.1, 0.15) is 24.0 Å². The summed E-state index contributed by atoms with van der Waals surface area (Å²) in [6, 6.07) is 6.06. The second kappa shape index (κ2) is 4.66. The zero-order valence-corrected chi connectivity index (χ0v) is 9.84. The number of amides is 1. The molecule has 1 amide bonds. The van der Waals surface area contributed by atoms with Gasteiger partial charge in [0.25, 0.3) is 0 Å². The van der Waals surface area contributed by atoms with Crippen molar-refractivity contribution in [3.05, 3.63) is 29.3 Å². The third-order valence-electron chi connectivity index (χ3n) is 3.02. The van der Waals surface area contributed by atoms with Crippen molar-refractivity contribution in [2.24, 2.45) is 0 Å². The monoisotopic (exact) mass is 218 g/mol. The molecule has 16 heavy (non-hydrogen) atoms. The average Bonchev–Trinajstić information content (AvgIpc) is 2.75. The summed E-state index contributed by atoms with van der Waals surface area (Å²) in [5, 5.41) is 6.17. The van der Waals surface area contributed by atoms with Gasteiger partial charge in [0.1, 0.15) is 0 Å². The topological polar surface area (TPSA) is 41.1 Å². The van der Waals surface area contributed by atoms with Crippen molar-refractivity contribution in [1.29, 1.82) is 0 Å². The summed E-state index contributed by atoms with van der Waals surface area (Å²) in [5.41, 5.74) is 3.25. The quantitative estimate of drug-likeness (QED) is 0.797. The van der Waals surface area contributed by atoms with Gasteiger partial charge in [0.2, 0.25) is 5.91 Å². The molecule has 0 spiro atoms. The number of nitrogens with one attached hydrogen (secondary N) is 2. The Kier molecular flexibility index (Phi) is 3.25. The summed E-state index contributed by atoms with van der Waals surface area (Å²) in [4.78, 5) is 11.9. The second-order valence-corrected chi connectivity index (χ2v) is 4.46. The lowest BCUT2D eigenvalue weighted by atomic mass is 10.1. The highest BCUT2D eigenvalue weighted by Crippen LogP contribution is 2.17. The lowest BCUT2D eigenvalue weighted by Crippen LogP contribution is -2.35. The molecular formula is C13H18N2O. The number of aryl methyl sites for hydroxylation is 2. The molecule has 0 bridgehead atoms. The fourth-order valence-corrected chi connectivity index (χ4v) is 2.08. The molecule has 1 saturated heterocycles. The van der Waals surface area contributed by atoms with Gasteiger partial charge in [-0.05, 0) is 44.9 Å². The van der Waals surface area contributed by atoms with Crippen molar-refractivity contribution in [2.45, 2.75) is 32.7 Å². The molecule has 1 heterocycles. The number of hydrogen-bond acceptors (Lipinski definition) is 2. The second-order valence-electron chi connectivity index (χ2n) is 4.46. The molecule has 2 rings (SSSR count). The third-order valence-corrected chi connectivity index (χ3v) is 3.02. The summed E-state index contributed by atoms with van der Waals surface area (Å²) in [5.74, 6) is 0.0875. The minimum atomic E-state index is -0.0132. The van der Waals surface area contributed by atoms with E-state index in [9.17, 15) is 4.79 Å². The molecule has 0 saturated carbocycles. The van der Waals surface area contributed by atoms with Crippen LogP contribution < -0.4 is 10.6 Å². The van der Waals surface area contributed by atoms with Crippen molar-refractivity contribution < 1.29 is 4.79 Å². The van der Waals surface area contributed by atoms with E-state index in [1.807, 2.05) is 19.1 Å². The van der Waals surface area contributed by atoms with Gasteiger partial charge in [-0.25, -0.2) is 0 Å². The molecular weight excluding hydrogens is 200 g/mol. The predicted octanol–water partition coefficient (Wildman–Crippen LogP) is 1.99. The first-order valence-corrected chi connectivity index (χ1v) is 5.78. The zero-order valence-electron chi connectivity index (χ0n) is 9.84. The molecule has 0 aromatic heterocycles. The van der Waals surface area contributed by atoms with Crippen molar-refractivity contribution in [3.63, 3.8) is 0 Å². The van der Waals surface area contributed by atoms with Gasteiger partial charge in [-0.15, -0.1) is 0 Å². The summed E-state index contributed by atoms with van der Waals surface area (Å²) in [6.07, 6.45) is 2.03. The maximum atomic E-state index is 11.9. The van der Waals surface area contributed by atoms with E-state index >= 15 is 0 Å². The fraction of sp³-hybridized carbons (Fsp3) is 0.462. The normalized spacial score (nSPS) is 19.8. The Balaban J connectivity index is 2.05. The Morgan fingerprint density at radius 2 is 2.25 bits per heavy atom. The van der Waals surface area contributed by atoms with Gasteiger partial charge in [-0.3, -0.25) is 4.79 Å². The highest BCUT2D eigenvalue weighted by molar-refractivity contribution is 5.95. The number of carbonyl (C=O) groups excluding carboxylic acids is 1. The molecule has 3 nitrogen and oxygen atoms in total. The smallest absolute Gasteiger partial charge is 0.241 e. The van der Waals surface area contributed by atoms with Crippen LogP contribution in [0.4, 0.5) is 5.69 Å². The van der Waals surface area contributed by atoms with E-state index in [0.717, 1.165) is 30.6 Å². The van der Waals surface area contributed by atoms with E-state index in [1.54, 1.807) is 0 Å². The summed E-state index contributed by atoms with van der Waals surface area (Å²) < 4.78 is 0. The van der Waals surface area contributed by atoms with Crippen LogP contribution in [0.3, 0.4) is 0 Å². The minimum Gasteiger partial charge on any atom is -0.324 e. The Hall–Kier alpha value is -1.35. The van der Waals surface area contributed by atoms with Crippen molar-refractivity contribution in [3.8, 4) is 0 Å². The predicted molar refractivity (Wildman–Crippen MR) is 65.6 cm³/mol. The lowest BCUT2D eigenvalue weighted by Gasteiger charge is -2.13. The van der Waals surface area contributed by atoms with E-state index in [-0.39, 0.29) is 11.9 Å². The number of carbonyl (C=O) groups is 1. The third kappa shape index (κ3) is 2.42. The molecule has 1 aromatic carbocycles. The maximum Gasteiger partial charge on any atom is 0.241 e. The van der Waals surface area contributed by atoms with Crippen LogP contribution in [0.15, 0.2) is 18.2 Å². The Labute approximate surface area is 96.2 Å². The van der Waals surface area contributed by atoms with Gasteiger partial charge in [0.05, 0.1) is 6.04 Å². The number of hydrogen-bond donors (Lipinski definition) is 2. The van der Waals surface area contributed by atoms with Gasteiger partial charge in [0, 0.05) is 5.69 Å². The molecule has 1 atom stereocenters. The van der Waals surface area contributed by atoms with E-state index in [2.05, 4.69) is 23.6 Å². The summed E-state index contributed by atoms with van der Waals surface area (Å²) in [7, 11) is 0. The Bertz CT molecular complexity index is 395. The lowest BCUT2D eigenvalue weighted by molar-refractivity contribution is -0.117. The van der Waals surface area contributed by atoms with E-state index in [1.165, 1.54) is 5.56 Å². The van der Waals surface area contributed by atoms with Crippen LogP contribution in [0.25, 0.3) is 0 Å². The molecule has 0 radical (unpaired) electrons. The first kappa shape index (κ1) is 11.1. The largest absolute Gasteiger partial charge is 0.324 e. The average molecular weight is 218 g/mol. The molecule has 1 aliphatic heterocycles. The highest BCUT2D eigenvalue weighted by atomic mass is 16.2. The fourth-order valence-electron chi connectivity index (χ4n) is 2.08. The van der Waals surface area contributed by atoms with Gasteiger partial charge >= 0.3 is 0 Å². The number of benzene rings is 1. The highest BCUT2D eigenvalue weighted by Gasteiger charge is 2.22. The molecule has 0 aliphatic carbocycles. The van der Waals surface area contributed by atoms with Gasteiger partial charge < -0.3 is 10.6 Å². The van der Waals surface area contributed by atoms with Crippen molar-refractivity contribution in [2.75, 3.05) is 11.9 Å². The maximum absolute atomic E-state index is 11.9. The molecule has 1 aromatic rings. The molecule has 2 N–H and O–H groups in total. The van der Waals surface area contributed by atoms with Crippen LogP contribution in [0.2, 0.25) is 0 Å². The van der Waals surface area contributed by atoms with Gasteiger partial charge in [-0.2, -0.15) is 0 Å². The van der Waals surface area contributed by atoms with E-state index in [0.29, 0.717) is 0 Å². The number of anilines is 1. The van der Waals surface area contributed by atoms with Crippen LogP contribution in [0.5, 0.6) is 0 Å². The van der Waals surface area contributed by atoms with Gasteiger partial charge in [-0.1, -0.05) is 17.7 Å². The first-order chi connectivity index (χ1) is 7.66. The summed E-state index contributed by atoms with van der Waals surface area (Å²) in [6.45, 7) is 5.02. The van der Waals surface area contributed by atoms with Gasteiger partial charge in [0.15, 0.2) is 0 Å². The molecule has 3 heteroatoms. The standard InChI is InChI=1S/C13H18N2O/c1-9-5-6-11(10(2)8-9)15-13(16)12-4-3-7-14-12/h5-6,8,12,14H,3-4,7H2,1-2H3,(H,15,16)/t12-/m0/s1. The molecule has 1 aliphatic rings. The SMILES string of the molecule is Cc1ccc(NC(=O)[C@@H]2CCCN2)c(C)c1. The zero-order chi connectivity index (χ0) is 11.5. The molecule has 0 unspecified atom stereocenters. The van der Waals surface area contributed by atoms with Crippen LogP contribution in [-0.4, -0.2) is 18.5 Å². The minimum absolute atomic E-state index is 0.0132.